The number of aliphatic carboxylic acids is 1. The van der Waals surface area contributed by atoms with Gasteiger partial charge in [0.15, 0.2) is 5.79 Å². The fourth-order valence-electron chi connectivity index (χ4n) is 6.87. The number of aromatic nitrogens is 1. The van der Waals surface area contributed by atoms with Crippen LogP contribution < -0.4 is 20.1 Å². The Bertz CT molecular complexity index is 2100. The molecule has 0 amide bonds. The Morgan fingerprint density at radius 3 is 2.51 bits per heavy atom. The zero-order chi connectivity index (χ0) is 40.5. The van der Waals surface area contributed by atoms with E-state index in [9.17, 15) is 20.3 Å². The van der Waals surface area contributed by atoms with E-state index in [1.54, 1.807) is 24.4 Å². The first-order valence-electron chi connectivity index (χ1n) is 18.7. The SMILES string of the molecule is CC1(C)OCC(N2CCC(Nc3cccc(-c4cccc(COc5cc(OCc6cncc(C#N)c6)c(CN[C@@H](CO)C(=O)O)cc5Cl)c4Br)c3C=N)CC2)CO1. The molecule has 1 atom stereocenters. The van der Waals surface area contributed by atoms with Crippen molar-refractivity contribution < 1.29 is 34.0 Å². The van der Waals surface area contributed by atoms with Gasteiger partial charge in [-0.3, -0.25) is 20.0 Å². The second kappa shape index (κ2) is 19.2. The predicted octanol–water partition coefficient (Wildman–Crippen LogP) is 6.75. The van der Waals surface area contributed by atoms with E-state index >= 15 is 0 Å². The molecule has 57 heavy (non-hydrogen) atoms. The molecule has 0 radical (unpaired) electrons. The number of likely N-dealkylation sites (tertiary alicyclic amines) is 1. The monoisotopic (exact) mass is 860 g/mol. The summed E-state index contributed by atoms with van der Waals surface area (Å²) >= 11 is 10.5. The average Bonchev–Trinajstić information content (AvgIpc) is 3.21. The Morgan fingerprint density at radius 2 is 1.81 bits per heavy atom. The molecule has 15 heteroatoms. The number of carboxylic acids is 1. The number of anilines is 1. The number of rotatable bonds is 16. The fourth-order valence-corrected chi connectivity index (χ4v) is 7.70. The number of benzene rings is 3. The molecule has 2 fully saturated rings. The first-order valence-corrected chi connectivity index (χ1v) is 19.8. The zero-order valence-corrected chi connectivity index (χ0v) is 34.1. The minimum Gasteiger partial charge on any atom is -0.488 e. The van der Waals surface area contributed by atoms with Crippen molar-refractivity contribution in [2.24, 2.45) is 0 Å². The molecule has 2 aliphatic heterocycles. The van der Waals surface area contributed by atoms with E-state index in [2.05, 4.69) is 42.5 Å². The van der Waals surface area contributed by atoms with Gasteiger partial charge >= 0.3 is 5.97 Å². The van der Waals surface area contributed by atoms with Crippen LogP contribution in [0.25, 0.3) is 11.1 Å². The molecular weight excluding hydrogens is 816 g/mol. The van der Waals surface area contributed by atoms with Crippen molar-refractivity contribution in [2.75, 3.05) is 38.2 Å². The summed E-state index contributed by atoms with van der Waals surface area (Å²) in [5.41, 5.74) is 5.89. The minimum absolute atomic E-state index is 0.0311. The van der Waals surface area contributed by atoms with Gasteiger partial charge in [0.05, 0.1) is 36.4 Å². The average molecular weight is 862 g/mol. The molecular formula is C42H46BrClN6O7. The summed E-state index contributed by atoms with van der Waals surface area (Å²) in [6.45, 7) is 6.72. The summed E-state index contributed by atoms with van der Waals surface area (Å²) in [5.74, 6) is -1.03. The highest BCUT2D eigenvalue weighted by molar-refractivity contribution is 9.10. The smallest absolute Gasteiger partial charge is 0.323 e. The molecule has 6 rings (SSSR count). The highest BCUT2D eigenvalue weighted by atomic mass is 79.9. The van der Waals surface area contributed by atoms with Crippen molar-refractivity contribution in [3.05, 3.63) is 104 Å². The van der Waals surface area contributed by atoms with Gasteiger partial charge in [-0.25, -0.2) is 0 Å². The first-order chi connectivity index (χ1) is 27.5. The van der Waals surface area contributed by atoms with E-state index in [1.807, 2.05) is 50.2 Å². The Labute approximate surface area is 345 Å². The number of nitrogens with one attached hydrogen (secondary N) is 3. The van der Waals surface area contributed by atoms with Crippen LogP contribution in [0.3, 0.4) is 0 Å². The molecule has 3 heterocycles. The molecule has 300 valence electrons. The van der Waals surface area contributed by atoms with E-state index in [0.29, 0.717) is 41.4 Å². The third kappa shape index (κ3) is 10.7. The van der Waals surface area contributed by atoms with Crippen LogP contribution in [-0.2, 0) is 34.0 Å². The van der Waals surface area contributed by atoms with Crippen molar-refractivity contribution in [3.8, 4) is 28.7 Å². The van der Waals surface area contributed by atoms with Gasteiger partial charge in [-0.05, 0) is 71.9 Å². The van der Waals surface area contributed by atoms with Crippen molar-refractivity contribution in [2.45, 2.75) is 70.4 Å². The Hall–Kier alpha value is -4.59. The number of hydrogen-bond donors (Lipinski definition) is 5. The van der Waals surface area contributed by atoms with Crippen LogP contribution in [-0.4, -0.2) is 89.1 Å². The van der Waals surface area contributed by atoms with Gasteiger partial charge in [0.1, 0.15) is 36.8 Å². The Kier molecular flexibility index (Phi) is 14.2. The van der Waals surface area contributed by atoms with Crippen LogP contribution in [0.1, 0.15) is 54.5 Å². The molecule has 1 aromatic heterocycles. The lowest BCUT2D eigenvalue weighted by molar-refractivity contribution is -0.264. The number of pyridine rings is 1. The number of halogens is 2. The van der Waals surface area contributed by atoms with Crippen molar-refractivity contribution in [1.82, 2.24) is 15.2 Å². The van der Waals surface area contributed by atoms with E-state index in [1.165, 1.54) is 12.4 Å². The third-order valence-electron chi connectivity index (χ3n) is 10.1. The number of piperidine rings is 1. The fraction of sp³-hybridized carbons (Fsp3) is 0.381. The van der Waals surface area contributed by atoms with Crippen LogP contribution in [0.15, 0.2) is 71.5 Å². The van der Waals surface area contributed by atoms with Crippen molar-refractivity contribution in [3.63, 3.8) is 0 Å². The summed E-state index contributed by atoms with van der Waals surface area (Å²) in [6, 6.07) is 18.2. The molecule has 2 aliphatic rings. The van der Waals surface area contributed by atoms with E-state index < -0.39 is 24.4 Å². The maximum Gasteiger partial charge on any atom is 0.323 e. The molecule has 0 aliphatic carbocycles. The standard InChI is InChI=1S/C42H46BrClN6O7/c1-42(2)56-24-31(25-57-42)50-11-9-30(10-12-50)49-36-8-4-6-32(34(36)17-46)33-7-3-5-28(40(33)43)23-55-39-15-38(54-22-27-13-26(16-45)18-47-19-27)29(14-35(39)44)20-48-37(21-51)41(52)53/h3-8,13-15,17-19,30-31,37,46,48-49,51H,9-12,20-25H2,1-2H3,(H,52,53)/t37-/m0/s1. The Balaban J connectivity index is 1.16. The topological polar surface area (TPSA) is 182 Å². The van der Waals surface area contributed by atoms with Crippen molar-refractivity contribution >= 4 is 45.4 Å². The van der Waals surface area contributed by atoms with Crippen LogP contribution in [0, 0.1) is 16.7 Å². The maximum atomic E-state index is 11.5. The summed E-state index contributed by atoms with van der Waals surface area (Å²) in [7, 11) is 0. The van der Waals surface area contributed by atoms with E-state index in [-0.39, 0.29) is 36.9 Å². The predicted molar refractivity (Wildman–Crippen MR) is 220 cm³/mol. The van der Waals surface area contributed by atoms with Crippen LogP contribution >= 0.6 is 27.5 Å². The first kappa shape index (κ1) is 42.0. The molecule has 0 unspecified atom stereocenters. The van der Waals surface area contributed by atoms with E-state index in [0.717, 1.165) is 58.3 Å². The van der Waals surface area contributed by atoms with Crippen LogP contribution in [0.5, 0.6) is 11.5 Å². The summed E-state index contributed by atoms with van der Waals surface area (Å²) in [5, 5.41) is 43.5. The highest BCUT2D eigenvalue weighted by Gasteiger charge is 2.33. The largest absolute Gasteiger partial charge is 0.488 e. The lowest BCUT2D eigenvalue weighted by atomic mass is 9.96. The number of aliphatic hydroxyl groups excluding tert-OH is 1. The number of hydrogen-bond acceptors (Lipinski definition) is 12. The zero-order valence-electron chi connectivity index (χ0n) is 31.8. The van der Waals surface area contributed by atoms with Gasteiger partial charge in [0.2, 0.25) is 0 Å². The summed E-state index contributed by atoms with van der Waals surface area (Å²) < 4.78 is 25.0. The second-order valence-electron chi connectivity index (χ2n) is 14.4. The van der Waals surface area contributed by atoms with Crippen LogP contribution in [0.2, 0.25) is 5.02 Å². The van der Waals surface area contributed by atoms with Gasteiger partial charge in [0, 0.05) is 82.8 Å². The second-order valence-corrected chi connectivity index (χ2v) is 15.6. The highest BCUT2D eigenvalue weighted by Crippen LogP contribution is 2.38. The van der Waals surface area contributed by atoms with Crippen molar-refractivity contribution in [1.29, 1.82) is 10.7 Å². The van der Waals surface area contributed by atoms with Gasteiger partial charge in [0.25, 0.3) is 0 Å². The van der Waals surface area contributed by atoms with Crippen LogP contribution in [0.4, 0.5) is 5.69 Å². The summed E-state index contributed by atoms with van der Waals surface area (Å²) in [6.07, 6.45) is 6.36. The molecule has 0 bridgehead atoms. The minimum atomic E-state index is -1.20. The quantitative estimate of drug-likeness (QED) is 0.0749. The number of nitrogens with zero attached hydrogens (tertiary/aromatic N) is 3. The number of carboxylic acid groups (broad SMARTS) is 1. The normalized spacial score (nSPS) is 16.7. The number of carbonyl (C=O) groups is 1. The lowest BCUT2D eigenvalue weighted by Gasteiger charge is -2.43. The number of aliphatic hydroxyl groups is 1. The number of ether oxygens (including phenoxy) is 4. The lowest BCUT2D eigenvalue weighted by Crippen LogP contribution is -2.53. The molecule has 13 nitrogen and oxygen atoms in total. The molecule has 3 aromatic carbocycles. The molecule has 2 saturated heterocycles. The summed E-state index contributed by atoms with van der Waals surface area (Å²) in [4.78, 5) is 18.1. The van der Waals surface area contributed by atoms with Gasteiger partial charge in [-0.2, -0.15) is 5.26 Å². The maximum absolute atomic E-state index is 11.5. The molecule has 0 saturated carbocycles. The Morgan fingerprint density at radius 1 is 1.09 bits per heavy atom. The van der Waals surface area contributed by atoms with E-state index in [4.69, 9.17) is 36.0 Å². The van der Waals surface area contributed by atoms with Gasteiger partial charge in [-0.1, -0.05) is 41.9 Å². The number of nitriles is 1. The van der Waals surface area contributed by atoms with Gasteiger partial charge in [-0.15, -0.1) is 0 Å². The molecule has 5 N–H and O–H groups in total. The van der Waals surface area contributed by atoms with Gasteiger partial charge < -0.3 is 39.9 Å². The molecule has 4 aromatic rings. The molecule has 0 spiro atoms. The third-order valence-corrected chi connectivity index (χ3v) is 11.3.